The number of anilines is 1. The van der Waals surface area contributed by atoms with Crippen LogP contribution >= 0.6 is 0 Å². The van der Waals surface area contributed by atoms with Crippen molar-refractivity contribution in [3.8, 4) is 11.1 Å². The molecule has 0 aliphatic carbocycles. The van der Waals surface area contributed by atoms with E-state index in [1.807, 2.05) is 30.3 Å². The first-order chi connectivity index (χ1) is 13.9. The maximum atomic E-state index is 12.9. The number of hydrogen-bond donors (Lipinski definition) is 2. The van der Waals surface area contributed by atoms with E-state index in [2.05, 4.69) is 4.72 Å². The highest BCUT2D eigenvalue weighted by atomic mass is 32.2. The predicted octanol–water partition coefficient (Wildman–Crippen LogP) is 2.55. The fourth-order valence-electron chi connectivity index (χ4n) is 3.68. The lowest BCUT2D eigenvalue weighted by molar-refractivity contribution is -0.179. The van der Waals surface area contributed by atoms with Crippen molar-refractivity contribution < 1.29 is 27.8 Å². The van der Waals surface area contributed by atoms with Gasteiger partial charge < -0.3 is 14.6 Å². The van der Waals surface area contributed by atoms with Crippen molar-refractivity contribution in [2.24, 2.45) is 0 Å². The quantitative estimate of drug-likeness (QED) is 0.773. The molecule has 2 aliphatic rings. The van der Waals surface area contributed by atoms with E-state index in [4.69, 9.17) is 9.47 Å². The van der Waals surface area contributed by atoms with E-state index in [1.54, 1.807) is 12.1 Å². The van der Waals surface area contributed by atoms with Crippen LogP contribution in [0.5, 0.6) is 0 Å². The molecule has 0 unspecified atom stereocenters. The summed E-state index contributed by atoms with van der Waals surface area (Å²) in [4.78, 5) is 11.6. The smallest absolute Gasteiger partial charge is 0.337 e. The fourth-order valence-corrected chi connectivity index (χ4v) is 4.92. The van der Waals surface area contributed by atoms with Crippen molar-refractivity contribution in [2.75, 3.05) is 31.0 Å². The van der Waals surface area contributed by atoms with Gasteiger partial charge in [0.05, 0.1) is 24.5 Å². The Morgan fingerprint density at radius 3 is 2.28 bits per heavy atom. The van der Waals surface area contributed by atoms with Crippen molar-refractivity contribution in [1.29, 1.82) is 0 Å². The summed E-state index contributed by atoms with van der Waals surface area (Å²) in [7, 11) is -3.93. The molecule has 2 N–H and O–H groups in total. The van der Waals surface area contributed by atoms with Gasteiger partial charge in [-0.2, -0.15) is 12.7 Å². The molecule has 2 saturated heterocycles. The predicted molar refractivity (Wildman–Crippen MR) is 107 cm³/mol. The van der Waals surface area contributed by atoms with Crippen molar-refractivity contribution in [1.82, 2.24) is 4.31 Å². The zero-order valence-corrected chi connectivity index (χ0v) is 16.5. The molecule has 0 bridgehead atoms. The first kappa shape index (κ1) is 19.8. The molecule has 0 radical (unpaired) electrons. The summed E-state index contributed by atoms with van der Waals surface area (Å²) in [5.41, 5.74) is 1.51. The van der Waals surface area contributed by atoms with Gasteiger partial charge in [0, 0.05) is 25.9 Å². The van der Waals surface area contributed by atoms with E-state index >= 15 is 0 Å². The Morgan fingerprint density at radius 1 is 1.00 bits per heavy atom. The van der Waals surface area contributed by atoms with Crippen LogP contribution in [0.4, 0.5) is 5.69 Å². The molecule has 0 amide bonds. The Bertz CT molecular complexity index is 993. The van der Waals surface area contributed by atoms with Crippen LogP contribution in [0.3, 0.4) is 0 Å². The second kappa shape index (κ2) is 7.75. The molecule has 2 heterocycles. The highest BCUT2D eigenvalue weighted by molar-refractivity contribution is 7.90. The minimum Gasteiger partial charge on any atom is -0.478 e. The number of nitrogens with one attached hydrogen (secondary N) is 1. The first-order valence-corrected chi connectivity index (χ1v) is 10.8. The van der Waals surface area contributed by atoms with Gasteiger partial charge in [0.2, 0.25) is 0 Å². The van der Waals surface area contributed by atoms with E-state index < -0.39 is 22.0 Å². The van der Waals surface area contributed by atoms with Crippen molar-refractivity contribution in [3.05, 3.63) is 54.1 Å². The number of carboxylic acids is 1. The highest BCUT2D eigenvalue weighted by Gasteiger charge is 2.42. The van der Waals surface area contributed by atoms with Gasteiger partial charge in [0.1, 0.15) is 0 Å². The lowest BCUT2D eigenvalue weighted by atomic mass is 10.0. The summed E-state index contributed by atoms with van der Waals surface area (Å²) in [5.74, 6) is -1.89. The van der Waals surface area contributed by atoms with Gasteiger partial charge in [0.25, 0.3) is 0 Å². The summed E-state index contributed by atoms with van der Waals surface area (Å²) < 4.78 is 40.9. The molecule has 8 nitrogen and oxygen atoms in total. The lowest BCUT2D eigenvalue weighted by Crippen LogP contribution is -2.48. The number of piperidine rings is 1. The van der Waals surface area contributed by atoms with Gasteiger partial charge in [-0.1, -0.05) is 36.4 Å². The zero-order chi connectivity index (χ0) is 20.5. The van der Waals surface area contributed by atoms with Crippen molar-refractivity contribution >= 4 is 21.9 Å². The normalized spacial score (nSPS) is 19.3. The topological polar surface area (TPSA) is 105 Å². The number of benzene rings is 2. The Hall–Kier alpha value is -2.46. The Morgan fingerprint density at radius 2 is 1.66 bits per heavy atom. The largest absolute Gasteiger partial charge is 0.478 e. The summed E-state index contributed by atoms with van der Waals surface area (Å²) in [5, 5.41) is 9.49. The number of ether oxygens (including phenoxy) is 2. The minimum absolute atomic E-state index is 0.0347. The molecule has 2 fully saturated rings. The molecule has 2 aliphatic heterocycles. The first-order valence-electron chi connectivity index (χ1n) is 9.37. The van der Waals surface area contributed by atoms with Crippen LogP contribution in [-0.2, 0) is 19.7 Å². The van der Waals surface area contributed by atoms with E-state index in [0.717, 1.165) is 11.1 Å². The third-order valence-corrected chi connectivity index (χ3v) is 6.76. The van der Waals surface area contributed by atoms with Crippen LogP contribution in [0.25, 0.3) is 11.1 Å². The summed E-state index contributed by atoms with van der Waals surface area (Å²) in [6.07, 6.45) is 0.869. The number of carbonyl (C=O) groups is 1. The summed E-state index contributed by atoms with van der Waals surface area (Å²) in [6.45, 7) is 1.49. The highest BCUT2D eigenvalue weighted by Crippen LogP contribution is 2.33. The molecule has 29 heavy (non-hydrogen) atoms. The summed E-state index contributed by atoms with van der Waals surface area (Å²) in [6, 6.07) is 14.0. The maximum Gasteiger partial charge on any atom is 0.337 e. The standard InChI is InChI=1S/C20H22N2O6S/c23-19(24)17-7-6-16(15-4-2-1-3-5-15)14-18(17)21-29(25,26)22-10-8-20(9-11-22)27-12-13-28-20/h1-7,14,21H,8-13H2,(H,23,24). The van der Waals surface area contributed by atoms with Gasteiger partial charge in [-0.15, -0.1) is 0 Å². The zero-order valence-electron chi connectivity index (χ0n) is 15.7. The third-order valence-electron chi connectivity index (χ3n) is 5.23. The Balaban J connectivity index is 1.58. The second-order valence-electron chi connectivity index (χ2n) is 7.05. The van der Waals surface area contributed by atoms with E-state index in [0.29, 0.717) is 26.1 Å². The van der Waals surface area contributed by atoms with Crippen LogP contribution in [0, 0.1) is 0 Å². The van der Waals surface area contributed by atoms with Crippen LogP contribution < -0.4 is 4.72 Å². The molecule has 2 aromatic rings. The molecule has 0 saturated carbocycles. The van der Waals surface area contributed by atoms with Crippen molar-refractivity contribution in [3.63, 3.8) is 0 Å². The SMILES string of the molecule is O=C(O)c1ccc(-c2ccccc2)cc1NS(=O)(=O)N1CCC2(CC1)OCCO2. The number of hydrogen-bond acceptors (Lipinski definition) is 5. The fraction of sp³-hybridized carbons (Fsp3) is 0.350. The number of carboxylic acid groups (broad SMARTS) is 1. The van der Waals surface area contributed by atoms with Gasteiger partial charge >= 0.3 is 16.2 Å². The van der Waals surface area contributed by atoms with E-state index in [1.165, 1.54) is 10.4 Å². The van der Waals surface area contributed by atoms with Gasteiger partial charge in [-0.25, -0.2) is 4.79 Å². The molecule has 4 rings (SSSR count). The number of nitrogens with zero attached hydrogens (tertiary/aromatic N) is 1. The Labute approximate surface area is 169 Å². The molecule has 0 atom stereocenters. The average Bonchev–Trinajstić information content (AvgIpc) is 3.16. The van der Waals surface area contributed by atoms with Crippen LogP contribution in [0.2, 0.25) is 0 Å². The lowest BCUT2D eigenvalue weighted by Gasteiger charge is -2.36. The molecule has 154 valence electrons. The molecule has 1 spiro atoms. The van der Waals surface area contributed by atoms with Gasteiger partial charge in [-0.3, -0.25) is 4.72 Å². The van der Waals surface area contributed by atoms with Gasteiger partial charge in [0.15, 0.2) is 5.79 Å². The Kier molecular flexibility index (Phi) is 5.30. The minimum atomic E-state index is -3.93. The molecule has 2 aromatic carbocycles. The monoisotopic (exact) mass is 418 g/mol. The average molecular weight is 418 g/mol. The summed E-state index contributed by atoms with van der Waals surface area (Å²) >= 11 is 0. The molecule has 9 heteroatoms. The van der Waals surface area contributed by atoms with E-state index in [-0.39, 0.29) is 24.3 Å². The van der Waals surface area contributed by atoms with Crippen LogP contribution in [-0.4, -0.2) is 55.9 Å². The third kappa shape index (κ3) is 4.13. The molecule has 0 aromatic heterocycles. The van der Waals surface area contributed by atoms with Gasteiger partial charge in [-0.05, 0) is 23.3 Å². The number of aromatic carboxylic acids is 1. The van der Waals surface area contributed by atoms with E-state index in [9.17, 15) is 18.3 Å². The molecular weight excluding hydrogens is 396 g/mol. The van der Waals surface area contributed by atoms with Crippen LogP contribution in [0.15, 0.2) is 48.5 Å². The second-order valence-corrected chi connectivity index (χ2v) is 8.72. The van der Waals surface area contributed by atoms with Crippen molar-refractivity contribution in [2.45, 2.75) is 18.6 Å². The maximum absolute atomic E-state index is 12.9. The number of rotatable bonds is 5. The molecular formula is C20H22N2O6S. The van der Waals surface area contributed by atoms with Crippen LogP contribution in [0.1, 0.15) is 23.2 Å².